The van der Waals surface area contributed by atoms with E-state index in [4.69, 9.17) is 4.74 Å². The van der Waals surface area contributed by atoms with Gasteiger partial charge in [0, 0.05) is 44.7 Å². The molecule has 0 saturated carbocycles. The maximum Gasteiger partial charge on any atom is 0.260 e. The lowest BCUT2D eigenvalue weighted by Gasteiger charge is -2.22. The number of rotatable bonds is 10. The van der Waals surface area contributed by atoms with Crippen molar-refractivity contribution in [3.63, 3.8) is 0 Å². The van der Waals surface area contributed by atoms with Crippen molar-refractivity contribution in [2.24, 2.45) is 5.10 Å². The highest BCUT2D eigenvalue weighted by Crippen LogP contribution is 2.26. The van der Waals surface area contributed by atoms with Gasteiger partial charge in [-0.1, -0.05) is 36.4 Å². The first-order chi connectivity index (χ1) is 20.0. The maximum atomic E-state index is 13.1. The first-order valence-electron chi connectivity index (χ1n) is 13.6. The summed E-state index contributed by atoms with van der Waals surface area (Å²) in [5.41, 5.74) is 6.90. The van der Waals surface area contributed by atoms with Gasteiger partial charge in [-0.05, 0) is 90.5 Å². The summed E-state index contributed by atoms with van der Waals surface area (Å²) < 4.78 is 9.26. The van der Waals surface area contributed by atoms with Gasteiger partial charge in [0.1, 0.15) is 18.9 Å². The molecule has 0 aliphatic heterocycles. The highest BCUT2D eigenvalue weighted by Gasteiger charge is 2.13. The van der Waals surface area contributed by atoms with Crippen LogP contribution < -0.4 is 20.5 Å². The van der Waals surface area contributed by atoms with Gasteiger partial charge >= 0.3 is 0 Å². The molecule has 4 aromatic carbocycles. The monoisotopic (exact) mass is 658 g/mol. The van der Waals surface area contributed by atoms with Crippen LogP contribution in [0.1, 0.15) is 25.0 Å². The summed E-state index contributed by atoms with van der Waals surface area (Å²) in [5.74, 6) is 0.379. The number of ether oxygens (including phenoxy) is 1. The van der Waals surface area contributed by atoms with Crippen LogP contribution in [-0.2, 0) is 17.9 Å². The van der Waals surface area contributed by atoms with Gasteiger partial charge in [0.15, 0.2) is 5.43 Å². The molecule has 7 nitrogen and oxygen atoms in total. The normalized spacial score (nSPS) is 11.3. The Morgan fingerprint density at radius 1 is 0.927 bits per heavy atom. The molecule has 41 heavy (non-hydrogen) atoms. The molecule has 208 valence electrons. The molecule has 1 heterocycles. The Morgan fingerprint density at radius 3 is 2.20 bits per heavy atom. The summed E-state index contributed by atoms with van der Waals surface area (Å²) in [6.07, 6.45) is 1.61. The second kappa shape index (κ2) is 13.0. The van der Waals surface area contributed by atoms with E-state index in [0.29, 0.717) is 34.2 Å². The summed E-state index contributed by atoms with van der Waals surface area (Å²) in [5, 5.41) is 5.41. The molecule has 5 rings (SSSR count). The minimum atomic E-state index is -0.304. The minimum Gasteiger partial charge on any atom is -0.488 e. The van der Waals surface area contributed by atoms with Gasteiger partial charge in [0.05, 0.1) is 17.2 Å². The molecule has 0 spiro atoms. The lowest BCUT2D eigenvalue weighted by Crippen LogP contribution is -2.25. The number of carbonyl (C=O) groups excluding carboxylic acids is 1. The van der Waals surface area contributed by atoms with Crippen LogP contribution in [0.15, 0.2) is 101 Å². The molecule has 8 heteroatoms. The first-order valence-corrected chi connectivity index (χ1v) is 14.6. The Labute approximate surface area is 252 Å². The van der Waals surface area contributed by atoms with E-state index in [0.717, 1.165) is 29.9 Å². The topological polar surface area (TPSA) is 75.9 Å². The largest absolute Gasteiger partial charge is 0.488 e. The Morgan fingerprint density at radius 2 is 1.56 bits per heavy atom. The van der Waals surface area contributed by atoms with Crippen molar-refractivity contribution in [1.29, 1.82) is 0 Å². The maximum absolute atomic E-state index is 13.1. The van der Waals surface area contributed by atoms with Crippen molar-refractivity contribution < 1.29 is 9.53 Å². The van der Waals surface area contributed by atoms with Crippen molar-refractivity contribution in [3.8, 4) is 5.75 Å². The number of nitrogens with one attached hydrogen (secondary N) is 1. The van der Waals surface area contributed by atoms with Crippen molar-refractivity contribution >= 4 is 62.2 Å². The lowest BCUT2D eigenvalue weighted by atomic mass is 10.1. The van der Waals surface area contributed by atoms with Gasteiger partial charge in [-0.2, -0.15) is 5.10 Å². The predicted molar refractivity (Wildman–Crippen MR) is 175 cm³/mol. The molecule has 1 N–H and O–H groups in total. The van der Waals surface area contributed by atoms with E-state index in [-0.39, 0.29) is 17.9 Å². The van der Waals surface area contributed by atoms with E-state index in [1.54, 1.807) is 18.3 Å². The standard InChI is InChI=1S/C33H31IN4O3/c1-3-37(4-2)26-18-15-24(31(19-26)41-22-23-13-16-25(34)17-14-23)20-35-36-32(39)21-38-29-11-7-5-9-27(29)33(40)28-10-6-8-12-30(28)38/h5-20H,3-4,21-22H2,1-2H3,(H,36,39)/b35-20-. The number of hydrogen-bond donors (Lipinski definition) is 1. The zero-order valence-electron chi connectivity index (χ0n) is 23.0. The van der Waals surface area contributed by atoms with Crippen LogP contribution >= 0.6 is 22.6 Å². The summed E-state index contributed by atoms with van der Waals surface area (Å²) in [6.45, 7) is 6.43. The average Bonchev–Trinajstić information content (AvgIpc) is 3.00. The molecule has 0 saturated heterocycles. The van der Waals surface area contributed by atoms with Crippen molar-refractivity contribution in [2.45, 2.75) is 27.0 Å². The fraction of sp³-hybridized carbons (Fsp3) is 0.182. The Balaban J connectivity index is 1.38. The molecule has 0 fully saturated rings. The van der Waals surface area contributed by atoms with Gasteiger partial charge in [-0.3, -0.25) is 9.59 Å². The highest BCUT2D eigenvalue weighted by molar-refractivity contribution is 14.1. The zero-order valence-corrected chi connectivity index (χ0v) is 25.2. The van der Waals surface area contributed by atoms with Gasteiger partial charge in [-0.15, -0.1) is 0 Å². The SMILES string of the molecule is CCN(CC)c1ccc(/C=N\NC(=O)Cn2c3ccccc3c(=O)c3ccccc32)c(OCc2ccc(I)cc2)c1. The van der Waals surface area contributed by atoms with Crippen molar-refractivity contribution in [2.75, 3.05) is 18.0 Å². The van der Waals surface area contributed by atoms with E-state index in [1.165, 1.54) is 3.57 Å². The highest BCUT2D eigenvalue weighted by atomic mass is 127. The third-order valence-electron chi connectivity index (χ3n) is 7.01. The van der Waals surface area contributed by atoms with Crippen molar-refractivity contribution in [1.82, 2.24) is 9.99 Å². The number of hydrazone groups is 1. The molecular weight excluding hydrogens is 627 g/mol. The number of aromatic nitrogens is 1. The van der Waals surface area contributed by atoms with Crippen molar-refractivity contribution in [3.05, 3.63) is 116 Å². The third-order valence-corrected chi connectivity index (χ3v) is 7.73. The molecule has 0 radical (unpaired) electrons. The Kier molecular flexibility index (Phi) is 8.98. The molecule has 0 aliphatic rings. The molecule has 0 bridgehead atoms. The van der Waals surface area contributed by atoms with Crippen LogP contribution in [-0.4, -0.2) is 29.8 Å². The van der Waals surface area contributed by atoms with Crippen LogP contribution in [0.5, 0.6) is 5.75 Å². The fourth-order valence-corrected chi connectivity index (χ4v) is 5.24. The number of fused-ring (bicyclic) bond motifs is 2. The van der Waals surface area contributed by atoms with E-state index in [1.807, 2.05) is 59.2 Å². The van der Waals surface area contributed by atoms with E-state index >= 15 is 0 Å². The number of amides is 1. The number of halogens is 1. The van der Waals surface area contributed by atoms with Crippen LogP contribution in [0.25, 0.3) is 21.8 Å². The summed E-state index contributed by atoms with van der Waals surface area (Å²) in [6, 6.07) is 28.9. The number of hydrogen-bond acceptors (Lipinski definition) is 5. The molecule has 1 amide bonds. The van der Waals surface area contributed by atoms with E-state index in [2.05, 4.69) is 76.1 Å². The number of carbonyl (C=O) groups is 1. The quantitative estimate of drug-likeness (QED) is 0.0824. The van der Waals surface area contributed by atoms with Crippen LogP contribution in [0.4, 0.5) is 5.69 Å². The summed E-state index contributed by atoms with van der Waals surface area (Å²) >= 11 is 2.28. The zero-order chi connectivity index (χ0) is 28.8. The van der Waals surface area contributed by atoms with Crippen LogP contribution in [0, 0.1) is 3.57 Å². The second-order valence-electron chi connectivity index (χ2n) is 9.55. The number of anilines is 1. The number of nitrogens with zero attached hydrogens (tertiary/aromatic N) is 3. The third kappa shape index (κ3) is 6.43. The smallest absolute Gasteiger partial charge is 0.260 e. The van der Waals surface area contributed by atoms with Gasteiger partial charge < -0.3 is 14.2 Å². The summed E-state index contributed by atoms with van der Waals surface area (Å²) in [4.78, 5) is 28.3. The predicted octanol–water partition coefficient (Wildman–Crippen LogP) is 6.33. The summed E-state index contributed by atoms with van der Waals surface area (Å²) in [7, 11) is 0. The fourth-order valence-electron chi connectivity index (χ4n) is 4.88. The van der Waals surface area contributed by atoms with Gasteiger partial charge in [-0.25, -0.2) is 5.43 Å². The Hall–Kier alpha value is -4.18. The van der Waals surface area contributed by atoms with E-state index in [9.17, 15) is 9.59 Å². The molecule has 1 aromatic heterocycles. The van der Waals surface area contributed by atoms with E-state index < -0.39 is 0 Å². The number of pyridine rings is 1. The molecule has 0 unspecified atom stereocenters. The average molecular weight is 659 g/mol. The molecule has 0 atom stereocenters. The van der Waals surface area contributed by atoms with Crippen LogP contribution in [0.3, 0.4) is 0 Å². The number of para-hydroxylation sites is 2. The van der Waals surface area contributed by atoms with Crippen LogP contribution in [0.2, 0.25) is 0 Å². The molecule has 0 aliphatic carbocycles. The van der Waals surface area contributed by atoms with Gasteiger partial charge in [0.2, 0.25) is 0 Å². The minimum absolute atomic E-state index is 0.00963. The first kappa shape index (κ1) is 28.4. The Bertz CT molecular complexity index is 1720. The molecule has 5 aromatic rings. The molecular formula is C33H31IN4O3. The van der Waals surface area contributed by atoms with Gasteiger partial charge in [0.25, 0.3) is 5.91 Å². The number of benzene rings is 4. The second-order valence-corrected chi connectivity index (χ2v) is 10.8. The lowest BCUT2D eigenvalue weighted by molar-refractivity contribution is -0.121.